The van der Waals surface area contributed by atoms with Gasteiger partial charge in [-0.1, -0.05) is 15.9 Å². The van der Waals surface area contributed by atoms with Gasteiger partial charge in [-0.3, -0.25) is 4.79 Å². The molecule has 2 aromatic rings. The van der Waals surface area contributed by atoms with Crippen LogP contribution in [0.2, 0.25) is 0 Å². The number of anilines is 1. The topological polar surface area (TPSA) is 57.2 Å². The first kappa shape index (κ1) is 13.2. The van der Waals surface area contributed by atoms with Crippen LogP contribution in [-0.2, 0) is 13.0 Å². The molecule has 0 bridgehead atoms. The van der Waals surface area contributed by atoms with E-state index in [9.17, 15) is 4.79 Å². The van der Waals surface area contributed by atoms with E-state index in [4.69, 9.17) is 10.5 Å². The molecule has 1 aromatic heterocycles. The van der Waals surface area contributed by atoms with E-state index < -0.39 is 0 Å². The third-order valence-electron chi connectivity index (χ3n) is 3.54. The first-order valence-corrected chi connectivity index (χ1v) is 7.24. The highest BCUT2D eigenvalue weighted by molar-refractivity contribution is 9.10. The smallest absolute Gasteiger partial charge is 0.251 e. The van der Waals surface area contributed by atoms with Gasteiger partial charge >= 0.3 is 0 Å². The molecule has 2 heterocycles. The van der Waals surface area contributed by atoms with Crippen LogP contribution < -0.4 is 16.0 Å². The molecule has 2 N–H and O–H groups in total. The first-order chi connectivity index (χ1) is 9.54. The first-order valence-electron chi connectivity index (χ1n) is 6.45. The van der Waals surface area contributed by atoms with Crippen LogP contribution in [0.5, 0.6) is 5.75 Å². The van der Waals surface area contributed by atoms with E-state index in [1.165, 1.54) is 5.56 Å². The van der Waals surface area contributed by atoms with E-state index in [0.29, 0.717) is 18.8 Å². The maximum Gasteiger partial charge on any atom is 0.251 e. The highest BCUT2D eigenvalue weighted by Gasteiger charge is 2.18. The number of fused-ring (bicyclic) bond motifs is 1. The van der Waals surface area contributed by atoms with Gasteiger partial charge in [0.15, 0.2) is 0 Å². The Bertz CT molecular complexity index is 737. The Labute approximate surface area is 125 Å². The summed E-state index contributed by atoms with van der Waals surface area (Å²) < 4.78 is 8.30. The van der Waals surface area contributed by atoms with Gasteiger partial charge in [-0.05, 0) is 30.2 Å². The molecule has 1 aliphatic heterocycles. The Morgan fingerprint density at radius 3 is 3.00 bits per heavy atom. The predicted octanol–water partition coefficient (Wildman–Crippen LogP) is 2.48. The second kappa shape index (κ2) is 4.98. The fourth-order valence-corrected chi connectivity index (χ4v) is 3.01. The minimum atomic E-state index is -0.0524. The van der Waals surface area contributed by atoms with Crippen LogP contribution in [0.3, 0.4) is 0 Å². The van der Waals surface area contributed by atoms with Gasteiger partial charge in [0.05, 0.1) is 18.8 Å². The average molecular weight is 335 g/mol. The molecule has 4 nitrogen and oxygen atoms in total. The molecule has 104 valence electrons. The summed E-state index contributed by atoms with van der Waals surface area (Å²) in [6.45, 7) is 3.00. The van der Waals surface area contributed by atoms with Crippen LogP contribution in [0.4, 0.5) is 5.69 Å². The van der Waals surface area contributed by atoms with Crippen molar-refractivity contribution in [3.8, 4) is 5.75 Å². The maximum atomic E-state index is 12.0. The molecule has 0 amide bonds. The number of nitrogen functional groups attached to an aromatic ring is 1. The Kier molecular flexibility index (Phi) is 3.30. The predicted molar refractivity (Wildman–Crippen MR) is 82.3 cm³/mol. The molecule has 5 heteroatoms. The molecule has 0 unspecified atom stereocenters. The fraction of sp³-hybridized carbons (Fsp3) is 0.267. The van der Waals surface area contributed by atoms with Crippen molar-refractivity contribution in [2.75, 3.05) is 12.3 Å². The molecular weight excluding hydrogens is 320 g/mol. The molecule has 20 heavy (non-hydrogen) atoms. The fourth-order valence-electron chi connectivity index (χ4n) is 2.46. The van der Waals surface area contributed by atoms with Crippen molar-refractivity contribution in [3.63, 3.8) is 0 Å². The van der Waals surface area contributed by atoms with Crippen LogP contribution in [0, 0.1) is 6.92 Å². The molecule has 1 aliphatic rings. The summed E-state index contributed by atoms with van der Waals surface area (Å²) >= 11 is 3.51. The third-order valence-corrected chi connectivity index (χ3v) is 4.00. The molecule has 3 rings (SSSR count). The van der Waals surface area contributed by atoms with Crippen LogP contribution in [0.15, 0.2) is 33.7 Å². The second-order valence-corrected chi connectivity index (χ2v) is 5.95. The zero-order valence-corrected chi connectivity index (χ0v) is 12.7. The normalized spacial score (nSPS) is 13.1. The monoisotopic (exact) mass is 334 g/mol. The SMILES string of the molecule is Cc1cc(=O)n(Cc2cc(Br)cc3c2OCC3)cc1N. The van der Waals surface area contributed by atoms with Gasteiger partial charge < -0.3 is 15.0 Å². The lowest BCUT2D eigenvalue weighted by Crippen LogP contribution is -2.21. The number of aryl methyl sites for hydroxylation is 1. The Hall–Kier alpha value is -1.75. The number of halogens is 1. The summed E-state index contributed by atoms with van der Waals surface area (Å²) in [4.78, 5) is 12.0. The second-order valence-electron chi connectivity index (χ2n) is 5.03. The lowest BCUT2D eigenvalue weighted by atomic mass is 10.1. The zero-order chi connectivity index (χ0) is 14.3. The van der Waals surface area contributed by atoms with Gasteiger partial charge in [0.25, 0.3) is 5.56 Å². The van der Waals surface area contributed by atoms with Crippen molar-refractivity contribution in [2.24, 2.45) is 0 Å². The van der Waals surface area contributed by atoms with Crippen molar-refractivity contribution in [3.05, 3.63) is 55.9 Å². The summed E-state index contributed by atoms with van der Waals surface area (Å²) in [6.07, 6.45) is 2.60. The van der Waals surface area contributed by atoms with E-state index in [2.05, 4.69) is 22.0 Å². The highest BCUT2D eigenvalue weighted by Crippen LogP contribution is 2.33. The lowest BCUT2D eigenvalue weighted by molar-refractivity contribution is 0.352. The number of hydrogen-bond acceptors (Lipinski definition) is 3. The quantitative estimate of drug-likeness (QED) is 0.917. The third kappa shape index (κ3) is 2.33. The Morgan fingerprint density at radius 2 is 2.20 bits per heavy atom. The van der Waals surface area contributed by atoms with E-state index >= 15 is 0 Å². The summed E-state index contributed by atoms with van der Waals surface area (Å²) in [5.41, 5.74) is 9.44. The van der Waals surface area contributed by atoms with Crippen LogP contribution in [0.1, 0.15) is 16.7 Å². The minimum Gasteiger partial charge on any atom is -0.493 e. The summed E-state index contributed by atoms with van der Waals surface area (Å²) in [7, 11) is 0. The number of hydrogen-bond donors (Lipinski definition) is 1. The molecule has 0 spiro atoms. The number of ether oxygens (including phenoxy) is 1. The van der Waals surface area contributed by atoms with Crippen molar-refractivity contribution < 1.29 is 4.74 Å². The van der Waals surface area contributed by atoms with Gasteiger partial charge in [-0.2, -0.15) is 0 Å². The Balaban J connectivity index is 2.04. The van der Waals surface area contributed by atoms with Gasteiger partial charge in [0, 0.05) is 28.7 Å². The molecule has 1 aromatic carbocycles. The van der Waals surface area contributed by atoms with Crippen LogP contribution >= 0.6 is 15.9 Å². The number of pyridine rings is 1. The van der Waals surface area contributed by atoms with Crippen molar-refractivity contribution in [2.45, 2.75) is 19.9 Å². The van der Waals surface area contributed by atoms with E-state index in [-0.39, 0.29) is 5.56 Å². The summed E-state index contributed by atoms with van der Waals surface area (Å²) in [6, 6.07) is 5.62. The maximum absolute atomic E-state index is 12.0. The largest absolute Gasteiger partial charge is 0.493 e. The van der Waals surface area contributed by atoms with Crippen LogP contribution in [-0.4, -0.2) is 11.2 Å². The summed E-state index contributed by atoms with van der Waals surface area (Å²) in [5.74, 6) is 0.902. The van der Waals surface area contributed by atoms with E-state index in [1.54, 1.807) is 16.8 Å². The summed E-state index contributed by atoms with van der Waals surface area (Å²) in [5, 5.41) is 0. The molecular formula is C15H15BrN2O2. The van der Waals surface area contributed by atoms with E-state index in [1.807, 2.05) is 13.0 Å². The zero-order valence-electron chi connectivity index (χ0n) is 11.1. The molecule has 0 saturated carbocycles. The lowest BCUT2D eigenvalue weighted by Gasteiger charge is -2.12. The molecule has 0 atom stereocenters. The minimum absolute atomic E-state index is 0.0524. The van der Waals surface area contributed by atoms with Gasteiger partial charge in [0.2, 0.25) is 0 Å². The average Bonchev–Trinajstić information content (AvgIpc) is 2.84. The number of benzene rings is 1. The van der Waals surface area contributed by atoms with Gasteiger partial charge in [-0.15, -0.1) is 0 Å². The molecule has 0 fully saturated rings. The number of aromatic nitrogens is 1. The number of nitrogens with zero attached hydrogens (tertiary/aromatic N) is 1. The highest BCUT2D eigenvalue weighted by atomic mass is 79.9. The molecule has 0 saturated heterocycles. The van der Waals surface area contributed by atoms with Gasteiger partial charge in [-0.25, -0.2) is 0 Å². The number of nitrogens with two attached hydrogens (primary N) is 1. The molecule has 0 aliphatic carbocycles. The Morgan fingerprint density at radius 1 is 1.40 bits per heavy atom. The van der Waals surface area contributed by atoms with Crippen molar-refractivity contribution >= 4 is 21.6 Å². The standard InChI is InChI=1S/C15H15BrN2O2/c1-9-4-14(19)18(8-13(9)17)7-11-6-12(16)5-10-2-3-20-15(10)11/h4-6,8H,2-3,7,17H2,1H3. The molecule has 0 radical (unpaired) electrons. The van der Waals surface area contributed by atoms with Gasteiger partial charge in [0.1, 0.15) is 5.75 Å². The van der Waals surface area contributed by atoms with E-state index in [0.717, 1.165) is 27.8 Å². The number of rotatable bonds is 2. The van der Waals surface area contributed by atoms with Crippen LogP contribution in [0.25, 0.3) is 0 Å². The van der Waals surface area contributed by atoms with Crippen molar-refractivity contribution in [1.82, 2.24) is 4.57 Å². The van der Waals surface area contributed by atoms with Crippen molar-refractivity contribution in [1.29, 1.82) is 0 Å².